The van der Waals surface area contributed by atoms with Crippen molar-refractivity contribution >= 4 is 16.0 Å². The zero-order valence-electron chi connectivity index (χ0n) is 12.9. The van der Waals surface area contributed by atoms with Crippen molar-refractivity contribution in [1.29, 1.82) is 0 Å². The van der Waals surface area contributed by atoms with E-state index in [2.05, 4.69) is 0 Å². The summed E-state index contributed by atoms with van der Waals surface area (Å²) in [5.41, 5.74) is 1.03. The van der Waals surface area contributed by atoms with E-state index in [-0.39, 0.29) is 23.8 Å². The third-order valence-corrected chi connectivity index (χ3v) is 6.89. The molecule has 2 saturated heterocycles. The predicted octanol–water partition coefficient (Wildman–Crippen LogP) is 1.96. The standard InChI is InChI=1S/C16H21NO4S/c1-11-3-5-14(6-4-11)22(19,20)17-8-7-13-9-16(18)21-10-15(13)12(17)2/h3-6,12-13,15H,7-10H2,1-2H3. The maximum atomic E-state index is 12.9. The van der Waals surface area contributed by atoms with Gasteiger partial charge in [0.15, 0.2) is 0 Å². The summed E-state index contributed by atoms with van der Waals surface area (Å²) in [6.45, 7) is 4.64. The lowest BCUT2D eigenvalue weighted by atomic mass is 9.78. The third kappa shape index (κ3) is 2.65. The van der Waals surface area contributed by atoms with Gasteiger partial charge in [-0.15, -0.1) is 0 Å². The van der Waals surface area contributed by atoms with Gasteiger partial charge in [0.1, 0.15) is 0 Å². The Hall–Kier alpha value is -1.40. The van der Waals surface area contributed by atoms with E-state index in [9.17, 15) is 13.2 Å². The lowest BCUT2D eigenvalue weighted by Gasteiger charge is -2.44. The van der Waals surface area contributed by atoms with E-state index in [4.69, 9.17) is 4.74 Å². The molecule has 2 heterocycles. The Morgan fingerprint density at radius 1 is 1.23 bits per heavy atom. The second-order valence-electron chi connectivity index (χ2n) is 6.27. The number of aryl methyl sites for hydroxylation is 1. The van der Waals surface area contributed by atoms with E-state index in [0.717, 1.165) is 12.0 Å². The molecule has 0 aromatic heterocycles. The molecule has 0 bridgehead atoms. The number of benzene rings is 1. The number of ether oxygens (including phenoxy) is 1. The number of esters is 1. The molecule has 2 aliphatic rings. The molecule has 6 heteroatoms. The Kier molecular flexibility index (Phi) is 3.99. The van der Waals surface area contributed by atoms with Crippen molar-refractivity contribution in [3.8, 4) is 0 Å². The number of piperidine rings is 1. The zero-order chi connectivity index (χ0) is 15.9. The van der Waals surface area contributed by atoms with E-state index in [1.165, 1.54) is 0 Å². The molecule has 22 heavy (non-hydrogen) atoms. The van der Waals surface area contributed by atoms with Gasteiger partial charge in [0.25, 0.3) is 0 Å². The van der Waals surface area contributed by atoms with Gasteiger partial charge in [0.05, 0.1) is 11.5 Å². The van der Waals surface area contributed by atoms with Gasteiger partial charge in [-0.2, -0.15) is 4.31 Å². The van der Waals surface area contributed by atoms with Crippen LogP contribution in [0.5, 0.6) is 0 Å². The van der Waals surface area contributed by atoms with Crippen molar-refractivity contribution in [1.82, 2.24) is 4.31 Å². The maximum absolute atomic E-state index is 12.9. The van der Waals surface area contributed by atoms with E-state index < -0.39 is 10.0 Å². The molecule has 3 unspecified atom stereocenters. The molecule has 3 atom stereocenters. The summed E-state index contributed by atoms with van der Waals surface area (Å²) in [6, 6.07) is 6.78. The maximum Gasteiger partial charge on any atom is 0.306 e. The number of cyclic esters (lactones) is 1. The van der Waals surface area contributed by atoms with Crippen LogP contribution in [-0.2, 0) is 19.6 Å². The fourth-order valence-corrected chi connectivity index (χ4v) is 5.18. The molecule has 2 fully saturated rings. The van der Waals surface area contributed by atoms with Gasteiger partial charge in [0, 0.05) is 24.9 Å². The summed E-state index contributed by atoms with van der Waals surface area (Å²) in [4.78, 5) is 11.7. The molecule has 0 aliphatic carbocycles. The second-order valence-corrected chi connectivity index (χ2v) is 8.16. The highest BCUT2D eigenvalue weighted by Crippen LogP contribution is 2.37. The number of carbonyl (C=O) groups is 1. The van der Waals surface area contributed by atoms with Gasteiger partial charge in [-0.1, -0.05) is 17.7 Å². The monoisotopic (exact) mass is 323 g/mol. The average molecular weight is 323 g/mol. The highest BCUT2D eigenvalue weighted by atomic mass is 32.2. The fourth-order valence-electron chi connectivity index (χ4n) is 3.49. The van der Waals surface area contributed by atoms with E-state index in [1.54, 1.807) is 16.4 Å². The Bertz CT molecular complexity index is 668. The zero-order valence-corrected chi connectivity index (χ0v) is 13.7. The van der Waals surface area contributed by atoms with E-state index in [1.807, 2.05) is 26.0 Å². The molecule has 0 spiro atoms. The van der Waals surface area contributed by atoms with Crippen molar-refractivity contribution in [2.24, 2.45) is 11.8 Å². The SMILES string of the molecule is Cc1ccc(S(=O)(=O)N2CCC3CC(=O)OCC3C2C)cc1. The number of sulfonamides is 1. The molecule has 0 N–H and O–H groups in total. The molecule has 1 aromatic rings. The number of hydrogen-bond donors (Lipinski definition) is 0. The Balaban J connectivity index is 1.85. The van der Waals surface area contributed by atoms with Crippen LogP contribution >= 0.6 is 0 Å². The highest BCUT2D eigenvalue weighted by molar-refractivity contribution is 7.89. The number of nitrogens with zero attached hydrogens (tertiary/aromatic N) is 1. The van der Waals surface area contributed by atoms with Crippen molar-refractivity contribution < 1.29 is 17.9 Å². The van der Waals surface area contributed by atoms with Crippen LogP contribution < -0.4 is 0 Å². The van der Waals surface area contributed by atoms with E-state index >= 15 is 0 Å². The molecule has 5 nitrogen and oxygen atoms in total. The molecule has 0 amide bonds. The van der Waals surface area contributed by atoms with Crippen LogP contribution in [0.15, 0.2) is 29.2 Å². The normalized spacial score (nSPS) is 29.7. The smallest absolute Gasteiger partial charge is 0.306 e. The van der Waals surface area contributed by atoms with Crippen LogP contribution in [0, 0.1) is 18.8 Å². The van der Waals surface area contributed by atoms with Gasteiger partial charge in [-0.25, -0.2) is 8.42 Å². The Labute approximate surface area is 131 Å². The molecule has 0 saturated carbocycles. The first kappa shape index (κ1) is 15.5. The molecular formula is C16H21NO4S. The summed E-state index contributed by atoms with van der Waals surface area (Å²) in [5.74, 6) is 0.163. The summed E-state index contributed by atoms with van der Waals surface area (Å²) in [6.07, 6.45) is 1.13. The molecule has 0 radical (unpaired) electrons. The van der Waals surface area contributed by atoms with Crippen molar-refractivity contribution in [2.45, 2.75) is 37.6 Å². The summed E-state index contributed by atoms with van der Waals surface area (Å²) in [5, 5.41) is 0. The predicted molar refractivity (Wildman–Crippen MR) is 81.7 cm³/mol. The summed E-state index contributed by atoms with van der Waals surface area (Å²) >= 11 is 0. The van der Waals surface area contributed by atoms with Crippen LogP contribution in [0.2, 0.25) is 0 Å². The minimum atomic E-state index is -3.50. The Morgan fingerprint density at radius 3 is 2.59 bits per heavy atom. The lowest BCUT2D eigenvalue weighted by Crippen LogP contribution is -2.53. The van der Waals surface area contributed by atoms with Crippen molar-refractivity contribution in [3.63, 3.8) is 0 Å². The van der Waals surface area contributed by atoms with Crippen LogP contribution in [0.4, 0.5) is 0 Å². The van der Waals surface area contributed by atoms with Crippen molar-refractivity contribution in [2.75, 3.05) is 13.2 Å². The van der Waals surface area contributed by atoms with Crippen LogP contribution in [0.25, 0.3) is 0 Å². The van der Waals surface area contributed by atoms with E-state index in [0.29, 0.717) is 24.5 Å². The number of rotatable bonds is 2. The highest BCUT2D eigenvalue weighted by Gasteiger charge is 2.44. The fraction of sp³-hybridized carbons (Fsp3) is 0.562. The topological polar surface area (TPSA) is 63.7 Å². The molecular weight excluding hydrogens is 302 g/mol. The lowest BCUT2D eigenvalue weighted by molar-refractivity contribution is -0.156. The largest absolute Gasteiger partial charge is 0.465 e. The van der Waals surface area contributed by atoms with Gasteiger partial charge in [0.2, 0.25) is 10.0 Å². The summed E-state index contributed by atoms with van der Waals surface area (Å²) < 4.78 is 32.4. The Morgan fingerprint density at radius 2 is 1.91 bits per heavy atom. The van der Waals surface area contributed by atoms with Crippen LogP contribution in [0.1, 0.15) is 25.3 Å². The van der Waals surface area contributed by atoms with Gasteiger partial charge >= 0.3 is 5.97 Å². The van der Waals surface area contributed by atoms with Gasteiger partial charge in [-0.3, -0.25) is 4.79 Å². The second kappa shape index (κ2) is 5.66. The number of fused-ring (bicyclic) bond motifs is 1. The molecule has 3 rings (SSSR count). The third-order valence-electron chi connectivity index (χ3n) is 4.89. The van der Waals surface area contributed by atoms with Crippen LogP contribution in [-0.4, -0.2) is 37.9 Å². The summed E-state index contributed by atoms with van der Waals surface area (Å²) in [7, 11) is -3.50. The van der Waals surface area contributed by atoms with Crippen LogP contribution in [0.3, 0.4) is 0 Å². The molecule has 2 aliphatic heterocycles. The minimum Gasteiger partial charge on any atom is -0.465 e. The first-order valence-corrected chi connectivity index (χ1v) is 9.08. The quantitative estimate of drug-likeness (QED) is 0.781. The number of carbonyl (C=O) groups excluding carboxylic acids is 1. The molecule has 120 valence electrons. The minimum absolute atomic E-state index is 0.0895. The first-order valence-electron chi connectivity index (χ1n) is 7.64. The van der Waals surface area contributed by atoms with Gasteiger partial charge in [-0.05, 0) is 38.3 Å². The van der Waals surface area contributed by atoms with Gasteiger partial charge < -0.3 is 4.74 Å². The first-order chi connectivity index (χ1) is 10.4. The molecule has 1 aromatic carbocycles. The average Bonchev–Trinajstić information content (AvgIpc) is 2.47. The van der Waals surface area contributed by atoms with Crippen molar-refractivity contribution in [3.05, 3.63) is 29.8 Å². The number of hydrogen-bond acceptors (Lipinski definition) is 4.